The lowest BCUT2D eigenvalue weighted by molar-refractivity contribution is -0.128. The van der Waals surface area contributed by atoms with Crippen LogP contribution in [0.25, 0.3) is 10.8 Å². The summed E-state index contributed by atoms with van der Waals surface area (Å²) in [7, 11) is 0. The second-order valence-corrected chi connectivity index (χ2v) is 8.55. The van der Waals surface area contributed by atoms with Crippen molar-refractivity contribution in [3.63, 3.8) is 0 Å². The van der Waals surface area contributed by atoms with Crippen LogP contribution in [0.15, 0.2) is 71.7 Å². The third-order valence-corrected chi connectivity index (χ3v) is 6.51. The van der Waals surface area contributed by atoms with Crippen LogP contribution in [0, 0.1) is 0 Å². The normalized spacial score (nSPS) is 17.5. The monoisotopic (exact) mass is 431 g/mol. The van der Waals surface area contributed by atoms with Crippen LogP contribution in [0.4, 0.5) is 11.4 Å². The Bertz CT molecular complexity index is 1140. The van der Waals surface area contributed by atoms with Crippen LogP contribution in [-0.4, -0.2) is 33.7 Å². The fraction of sp³-hybridized carbons (Fsp3) is 0.240. The van der Waals surface area contributed by atoms with Gasteiger partial charge in [0.1, 0.15) is 5.25 Å². The van der Waals surface area contributed by atoms with Crippen LogP contribution in [0.3, 0.4) is 0 Å². The number of thioether (sulfide) groups is 1. The number of aliphatic imine (C=N–C) groups is 1. The lowest BCUT2D eigenvalue weighted by atomic mass is 10.1. The number of hydrogen-bond donors (Lipinski definition) is 1. The summed E-state index contributed by atoms with van der Waals surface area (Å²) < 4.78 is 0. The van der Waals surface area contributed by atoms with Gasteiger partial charge in [0.2, 0.25) is 11.8 Å². The highest BCUT2D eigenvalue weighted by atomic mass is 32.2. The van der Waals surface area contributed by atoms with Gasteiger partial charge >= 0.3 is 0 Å². The fourth-order valence-electron chi connectivity index (χ4n) is 3.63. The molecule has 5 nitrogen and oxygen atoms in total. The lowest BCUT2D eigenvalue weighted by Gasteiger charge is -2.13. The minimum absolute atomic E-state index is 0.0667. The molecule has 0 radical (unpaired) electrons. The van der Waals surface area contributed by atoms with E-state index in [4.69, 9.17) is 4.99 Å². The van der Waals surface area contributed by atoms with Gasteiger partial charge in [-0.2, -0.15) is 0 Å². The summed E-state index contributed by atoms with van der Waals surface area (Å²) in [6, 6.07) is 21.8. The van der Waals surface area contributed by atoms with Gasteiger partial charge in [0.05, 0.1) is 5.69 Å². The van der Waals surface area contributed by atoms with E-state index in [1.165, 1.54) is 17.3 Å². The highest BCUT2D eigenvalue weighted by molar-refractivity contribution is 8.15. The number of anilines is 1. The Morgan fingerprint density at radius 1 is 1.03 bits per heavy atom. The van der Waals surface area contributed by atoms with Gasteiger partial charge in [-0.05, 0) is 42.5 Å². The molecule has 0 aliphatic carbocycles. The topological polar surface area (TPSA) is 61.8 Å². The molecule has 3 aromatic carbocycles. The maximum Gasteiger partial charge on any atom is 0.242 e. The van der Waals surface area contributed by atoms with Gasteiger partial charge in [0.25, 0.3) is 0 Å². The number of rotatable bonds is 6. The van der Waals surface area contributed by atoms with Crippen molar-refractivity contribution in [3.8, 4) is 0 Å². The molecule has 1 aliphatic rings. The Labute approximate surface area is 186 Å². The Morgan fingerprint density at radius 2 is 1.77 bits per heavy atom. The van der Waals surface area contributed by atoms with E-state index < -0.39 is 5.25 Å². The summed E-state index contributed by atoms with van der Waals surface area (Å²) >= 11 is 1.37. The van der Waals surface area contributed by atoms with Gasteiger partial charge in [-0.15, -0.1) is 0 Å². The molecule has 2 amide bonds. The summed E-state index contributed by atoms with van der Waals surface area (Å²) in [5.41, 5.74) is 2.79. The molecule has 1 saturated heterocycles. The van der Waals surface area contributed by atoms with Gasteiger partial charge < -0.3 is 5.32 Å². The molecule has 1 unspecified atom stereocenters. The predicted molar refractivity (Wildman–Crippen MR) is 129 cm³/mol. The number of carbonyl (C=O) groups excluding carboxylic acids is 2. The van der Waals surface area contributed by atoms with Gasteiger partial charge in [-0.25, -0.2) is 4.99 Å². The fourth-order valence-corrected chi connectivity index (χ4v) is 4.84. The van der Waals surface area contributed by atoms with Crippen molar-refractivity contribution >= 4 is 50.9 Å². The Kier molecular flexibility index (Phi) is 6.37. The number of carbonyl (C=O) groups is 2. The van der Waals surface area contributed by atoms with E-state index in [9.17, 15) is 9.59 Å². The number of nitrogens with zero attached hydrogens (tertiary/aromatic N) is 2. The van der Waals surface area contributed by atoms with Gasteiger partial charge in [0.15, 0.2) is 5.17 Å². The molecule has 1 atom stereocenters. The molecular weight excluding hydrogens is 406 g/mol. The van der Waals surface area contributed by atoms with Crippen molar-refractivity contribution in [3.05, 3.63) is 72.3 Å². The highest BCUT2D eigenvalue weighted by Crippen LogP contribution is 2.34. The molecule has 1 fully saturated rings. The van der Waals surface area contributed by atoms with Crippen LogP contribution < -0.4 is 5.32 Å². The van der Waals surface area contributed by atoms with E-state index in [1.807, 2.05) is 73.7 Å². The molecule has 0 aromatic heterocycles. The molecule has 3 aromatic rings. The molecular formula is C25H25N3O2S. The van der Waals surface area contributed by atoms with E-state index in [0.717, 1.165) is 28.6 Å². The lowest BCUT2D eigenvalue weighted by Crippen LogP contribution is -2.33. The van der Waals surface area contributed by atoms with E-state index in [0.29, 0.717) is 11.7 Å². The van der Waals surface area contributed by atoms with Crippen LogP contribution >= 0.6 is 11.8 Å². The molecule has 6 heteroatoms. The summed E-state index contributed by atoms with van der Waals surface area (Å²) in [4.78, 5) is 32.0. The van der Waals surface area contributed by atoms with Gasteiger partial charge in [-0.1, -0.05) is 67.2 Å². The standard InChI is InChI=1S/C25H25N3O2S/c1-3-17-12-14-19(15-13-17)26-23(29)16-22-24(30)28(4-2)25(31-22)27-21-11-7-9-18-8-5-6-10-20(18)21/h5-15,22H,3-4,16H2,1-2H3,(H,26,29). The first-order valence-electron chi connectivity index (χ1n) is 10.5. The largest absolute Gasteiger partial charge is 0.326 e. The minimum atomic E-state index is -0.469. The van der Waals surface area contributed by atoms with Gasteiger partial charge in [0, 0.05) is 24.0 Å². The highest BCUT2D eigenvalue weighted by Gasteiger charge is 2.38. The van der Waals surface area contributed by atoms with Crippen molar-refractivity contribution < 1.29 is 9.59 Å². The van der Waals surface area contributed by atoms with Crippen molar-refractivity contribution in [1.29, 1.82) is 0 Å². The van der Waals surface area contributed by atoms with Crippen molar-refractivity contribution in [2.75, 3.05) is 11.9 Å². The molecule has 158 valence electrons. The van der Waals surface area contributed by atoms with E-state index in [1.54, 1.807) is 4.90 Å². The van der Waals surface area contributed by atoms with Crippen LogP contribution in [0.1, 0.15) is 25.8 Å². The van der Waals surface area contributed by atoms with Crippen molar-refractivity contribution in [1.82, 2.24) is 4.90 Å². The maximum atomic E-state index is 12.9. The Morgan fingerprint density at radius 3 is 2.52 bits per heavy atom. The third-order valence-electron chi connectivity index (χ3n) is 5.34. The number of aryl methyl sites for hydroxylation is 1. The van der Waals surface area contributed by atoms with E-state index >= 15 is 0 Å². The average molecular weight is 432 g/mol. The molecule has 31 heavy (non-hydrogen) atoms. The molecule has 1 heterocycles. The first-order valence-corrected chi connectivity index (χ1v) is 11.4. The number of benzene rings is 3. The minimum Gasteiger partial charge on any atom is -0.326 e. The number of fused-ring (bicyclic) bond motifs is 1. The Hall–Kier alpha value is -3.12. The van der Waals surface area contributed by atoms with Crippen LogP contribution in [0.5, 0.6) is 0 Å². The quantitative estimate of drug-likeness (QED) is 0.570. The number of hydrogen-bond acceptors (Lipinski definition) is 4. The van der Waals surface area contributed by atoms with Gasteiger partial charge in [-0.3, -0.25) is 14.5 Å². The molecule has 0 bridgehead atoms. The molecule has 1 N–H and O–H groups in total. The summed E-state index contributed by atoms with van der Waals surface area (Å²) in [6.07, 6.45) is 1.07. The third kappa shape index (κ3) is 4.64. The first-order chi connectivity index (χ1) is 15.1. The van der Waals surface area contributed by atoms with E-state index in [-0.39, 0.29) is 18.2 Å². The smallest absolute Gasteiger partial charge is 0.242 e. The average Bonchev–Trinajstić information content (AvgIpc) is 3.08. The SMILES string of the molecule is CCc1ccc(NC(=O)CC2SC(=Nc3cccc4ccccc34)N(CC)C2=O)cc1. The summed E-state index contributed by atoms with van der Waals surface area (Å²) in [6.45, 7) is 4.54. The summed E-state index contributed by atoms with van der Waals surface area (Å²) in [5, 5.41) is 5.22. The second kappa shape index (κ2) is 9.35. The van der Waals surface area contributed by atoms with Crippen LogP contribution in [0.2, 0.25) is 0 Å². The second-order valence-electron chi connectivity index (χ2n) is 7.38. The zero-order chi connectivity index (χ0) is 21.8. The number of nitrogens with one attached hydrogen (secondary N) is 1. The van der Waals surface area contributed by atoms with Crippen molar-refractivity contribution in [2.24, 2.45) is 4.99 Å². The molecule has 4 rings (SSSR count). The van der Waals surface area contributed by atoms with Crippen molar-refractivity contribution in [2.45, 2.75) is 31.9 Å². The van der Waals surface area contributed by atoms with Crippen LogP contribution in [-0.2, 0) is 16.0 Å². The van der Waals surface area contributed by atoms with E-state index in [2.05, 4.69) is 12.2 Å². The molecule has 1 aliphatic heterocycles. The zero-order valence-corrected chi connectivity index (χ0v) is 18.5. The number of amidine groups is 1. The zero-order valence-electron chi connectivity index (χ0n) is 17.7. The Balaban J connectivity index is 1.51. The molecule has 0 saturated carbocycles. The predicted octanol–water partition coefficient (Wildman–Crippen LogP) is 5.38. The maximum absolute atomic E-state index is 12.9. The summed E-state index contributed by atoms with van der Waals surface area (Å²) in [5.74, 6) is -0.236. The molecule has 0 spiro atoms. The first kappa shape index (κ1) is 21.1. The number of amides is 2.